The van der Waals surface area contributed by atoms with Gasteiger partial charge in [-0.25, -0.2) is 19.6 Å². The summed E-state index contributed by atoms with van der Waals surface area (Å²) in [5.74, 6) is 0.169. The minimum Gasteiger partial charge on any atom is -0.453 e. The van der Waals surface area contributed by atoms with Gasteiger partial charge in [0, 0.05) is 24.3 Å². The normalized spacial score (nSPS) is 17.1. The zero-order chi connectivity index (χ0) is 54.1. The van der Waals surface area contributed by atoms with Gasteiger partial charge in [0.05, 0.1) is 61.5 Å². The average Bonchev–Trinajstić information content (AvgIpc) is 4.26. The van der Waals surface area contributed by atoms with E-state index in [0.717, 1.165) is 36.1 Å². The second-order valence-corrected chi connectivity index (χ2v) is 19.3. The zero-order valence-corrected chi connectivity index (χ0v) is 41.8. The van der Waals surface area contributed by atoms with Crippen LogP contribution in [0.5, 0.6) is 0 Å². The fourth-order valence-corrected chi connectivity index (χ4v) is 9.84. The molecule has 0 aliphatic carbocycles. The number of likely N-dealkylation sites (tertiary alicyclic amines) is 2. The number of nitrogens with zero attached hydrogens (tertiary/aromatic N) is 5. The molecular weight excluding hydrogens is 989 g/mol. The molecular formula is C53H57F6N9O7. The van der Waals surface area contributed by atoms with E-state index in [1.807, 2.05) is 52.0 Å². The molecule has 4 atom stereocenters. The lowest BCUT2D eigenvalue weighted by molar-refractivity contribution is -0.376. The lowest BCUT2D eigenvalue weighted by Crippen LogP contribution is -2.53. The molecule has 4 amide bonds. The highest BCUT2D eigenvalue weighted by Crippen LogP contribution is 2.50. The van der Waals surface area contributed by atoms with Gasteiger partial charge in [-0.3, -0.25) is 9.59 Å². The van der Waals surface area contributed by atoms with Crippen LogP contribution >= 0.6 is 0 Å². The van der Waals surface area contributed by atoms with Crippen molar-refractivity contribution in [1.29, 1.82) is 0 Å². The summed E-state index contributed by atoms with van der Waals surface area (Å²) in [7, 11) is 2.46. The number of hydrogen-bond donors (Lipinski definition) is 5. The molecule has 2 saturated heterocycles. The second kappa shape index (κ2) is 21.3. The summed E-state index contributed by atoms with van der Waals surface area (Å²) < 4.78 is 94.9. The quantitative estimate of drug-likeness (QED) is 0.0659. The van der Waals surface area contributed by atoms with Crippen LogP contribution < -0.4 is 10.6 Å². The molecule has 0 bridgehead atoms. The van der Waals surface area contributed by atoms with Crippen molar-refractivity contribution in [3.63, 3.8) is 0 Å². The average molecular weight is 1050 g/mol. The van der Waals surface area contributed by atoms with Crippen LogP contribution in [-0.4, -0.2) is 115 Å². The molecule has 0 spiro atoms. The second-order valence-electron chi connectivity index (χ2n) is 19.3. The van der Waals surface area contributed by atoms with Crippen molar-refractivity contribution in [3.8, 4) is 50.7 Å². The third-order valence-electron chi connectivity index (χ3n) is 13.9. The number of hydrogen-bond acceptors (Lipinski definition) is 9. The van der Waals surface area contributed by atoms with E-state index in [2.05, 4.69) is 30.6 Å². The standard InChI is InChI=1S/C53H57F6N9O7/c1-29(2)43(64-49(71)74-5)47(69)66-25-7-9-41(66)45-60-27-37(62-45)31-11-15-33(16-12-31)39-23-24-40(68(39)36-21-19-35(20-22-36)51(73,52(54,55)56)53(57,58)59)34-17-13-32(14-18-34)38-28-61-46(63-38)42-10-8-26-67(42)48(70)44(30(3)4)65-50(72)75-6/h11-24,27-30,41-44,73H,7-10,25-26H2,1-6H3,(H,60,62)(H,61,63)(H,64,71)(H,65,72). The van der Waals surface area contributed by atoms with E-state index < -0.39 is 47.8 Å². The number of rotatable bonds is 14. The topological polar surface area (TPSA) is 200 Å². The van der Waals surface area contributed by atoms with Crippen molar-refractivity contribution >= 4 is 24.0 Å². The van der Waals surface area contributed by atoms with E-state index in [1.165, 1.54) is 14.2 Å². The summed E-state index contributed by atoms with van der Waals surface area (Å²) in [5.41, 5.74) is -1.30. The number of alkyl halides is 6. The van der Waals surface area contributed by atoms with Crippen molar-refractivity contribution in [2.45, 2.75) is 95.5 Å². The molecule has 5 heterocycles. The van der Waals surface area contributed by atoms with Gasteiger partial charge in [0.25, 0.3) is 5.60 Å². The molecule has 5 N–H and O–H groups in total. The minimum atomic E-state index is -6.08. The highest BCUT2D eigenvalue weighted by atomic mass is 19.4. The predicted octanol–water partition coefficient (Wildman–Crippen LogP) is 9.99. The van der Waals surface area contributed by atoms with Gasteiger partial charge in [0.15, 0.2) is 0 Å². The zero-order valence-electron chi connectivity index (χ0n) is 41.8. The number of benzene rings is 3. The maximum atomic E-state index is 14.0. The van der Waals surface area contributed by atoms with Crippen molar-refractivity contribution in [2.24, 2.45) is 11.8 Å². The van der Waals surface area contributed by atoms with Crippen LogP contribution in [0.2, 0.25) is 0 Å². The number of aromatic nitrogens is 5. The number of imidazole rings is 2. The van der Waals surface area contributed by atoms with E-state index >= 15 is 0 Å². The number of ether oxygens (including phenoxy) is 2. The molecule has 2 fully saturated rings. The number of methoxy groups -OCH3 is 2. The number of H-pyrrole nitrogens is 2. The number of carbonyl (C=O) groups is 4. The molecule has 3 aromatic carbocycles. The van der Waals surface area contributed by atoms with Gasteiger partial charge in [0.1, 0.15) is 23.7 Å². The molecule has 0 saturated carbocycles. The molecule has 75 heavy (non-hydrogen) atoms. The molecule has 22 heteroatoms. The summed E-state index contributed by atoms with van der Waals surface area (Å²) >= 11 is 0. The number of aromatic amines is 2. The van der Waals surface area contributed by atoms with Gasteiger partial charge in [-0.05, 0) is 84.0 Å². The Morgan fingerprint density at radius 1 is 0.600 bits per heavy atom. The van der Waals surface area contributed by atoms with Gasteiger partial charge in [0.2, 0.25) is 11.8 Å². The van der Waals surface area contributed by atoms with Crippen molar-refractivity contribution in [1.82, 2.24) is 44.9 Å². The lowest BCUT2D eigenvalue weighted by Gasteiger charge is -2.32. The Balaban J connectivity index is 1.09. The maximum absolute atomic E-state index is 14.0. The summed E-state index contributed by atoms with van der Waals surface area (Å²) in [4.78, 5) is 70.9. The van der Waals surface area contributed by atoms with E-state index in [9.17, 15) is 50.6 Å². The van der Waals surface area contributed by atoms with Gasteiger partial charge >= 0.3 is 24.5 Å². The Labute approximate surface area is 427 Å². The first-order valence-corrected chi connectivity index (χ1v) is 24.4. The van der Waals surface area contributed by atoms with Gasteiger partial charge in [-0.15, -0.1) is 0 Å². The van der Waals surface area contributed by atoms with Gasteiger partial charge in [-0.1, -0.05) is 88.4 Å². The third kappa shape index (κ3) is 10.6. The summed E-state index contributed by atoms with van der Waals surface area (Å²) in [5, 5.41) is 15.5. The smallest absolute Gasteiger partial charge is 0.430 e. The number of amides is 4. The largest absolute Gasteiger partial charge is 0.453 e. The van der Waals surface area contributed by atoms with E-state index in [1.54, 1.807) is 63.2 Å². The van der Waals surface area contributed by atoms with Crippen LogP contribution in [-0.2, 0) is 24.7 Å². The number of halogens is 6. The minimum absolute atomic E-state index is 0.194. The highest BCUT2D eigenvalue weighted by molar-refractivity contribution is 5.87. The third-order valence-corrected chi connectivity index (χ3v) is 13.9. The fraction of sp³-hybridized carbons (Fsp3) is 0.396. The predicted molar refractivity (Wildman–Crippen MR) is 264 cm³/mol. The molecule has 2 aliphatic rings. The highest BCUT2D eigenvalue weighted by Gasteiger charge is 2.71. The van der Waals surface area contributed by atoms with Gasteiger partial charge in [-0.2, -0.15) is 26.3 Å². The SMILES string of the molecule is COC(=O)NC(C(=O)N1CCCC1c1ncc(-c2ccc(-c3ccc(-c4ccc(-c5cnc(C6CCCN6C(=O)C(NC(=O)OC)C(C)C)[nH]5)cc4)n3-c3ccc(C(O)(C(F)(F)F)C(F)(F)F)cc3)cc2)[nH]1)C(C)C. The van der Waals surface area contributed by atoms with Crippen molar-refractivity contribution in [2.75, 3.05) is 27.3 Å². The summed E-state index contributed by atoms with van der Waals surface area (Å²) in [6.45, 7) is 8.24. The molecule has 2 aliphatic heterocycles. The van der Waals surface area contributed by atoms with E-state index in [4.69, 9.17) is 9.47 Å². The lowest BCUT2D eigenvalue weighted by atomic mass is 9.92. The van der Waals surface area contributed by atoms with Crippen LogP contribution in [0.3, 0.4) is 0 Å². The molecule has 4 unspecified atom stereocenters. The molecule has 3 aromatic heterocycles. The van der Waals surface area contributed by atoms with Crippen LogP contribution in [0.1, 0.15) is 82.7 Å². The molecule has 0 radical (unpaired) electrons. The Morgan fingerprint density at radius 3 is 1.32 bits per heavy atom. The van der Waals surface area contributed by atoms with Crippen LogP contribution in [0, 0.1) is 11.8 Å². The van der Waals surface area contributed by atoms with E-state index in [0.29, 0.717) is 83.6 Å². The van der Waals surface area contributed by atoms with E-state index in [-0.39, 0.29) is 41.4 Å². The first kappa shape index (κ1) is 53.7. The Kier molecular flexibility index (Phi) is 15.3. The fourth-order valence-electron chi connectivity index (χ4n) is 9.84. The number of alkyl carbamates (subject to hydrolysis) is 2. The first-order chi connectivity index (χ1) is 35.6. The molecule has 398 valence electrons. The Hall–Kier alpha value is -7.62. The van der Waals surface area contributed by atoms with Gasteiger partial charge < -0.3 is 49.5 Å². The van der Waals surface area contributed by atoms with Crippen LogP contribution in [0.4, 0.5) is 35.9 Å². The summed E-state index contributed by atoms with van der Waals surface area (Å²) in [6, 6.07) is 19.1. The maximum Gasteiger partial charge on any atom is 0.430 e. The first-order valence-electron chi connectivity index (χ1n) is 24.4. The monoisotopic (exact) mass is 1050 g/mol. The molecule has 6 aromatic rings. The van der Waals surface area contributed by atoms with Crippen molar-refractivity contribution < 1.29 is 60.1 Å². The Morgan fingerprint density at radius 2 is 0.973 bits per heavy atom. The number of aliphatic hydroxyl groups is 1. The summed E-state index contributed by atoms with van der Waals surface area (Å²) in [6.07, 6.45) is -7.56. The molecule has 16 nitrogen and oxygen atoms in total. The Bertz CT molecular complexity index is 2830. The van der Waals surface area contributed by atoms with Crippen LogP contribution in [0.25, 0.3) is 50.7 Å². The van der Waals surface area contributed by atoms with Crippen molar-refractivity contribution in [3.05, 3.63) is 115 Å². The molecule has 8 rings (SSSR count). The van der Waals surface area contributed by atoms with Crippen LogP contribution in [0.15, 0.2) is 97.3 Å². The number of carbonyl (C=O) groups excluding carboxylic acids is 4. The number of nitrogens with one attached hydrogen (secondary N) is 4.